The summed E-state index contributed by atoms with van der Waals surface area (Å²) in [6.07, 6.45) is 0. The van der Waals surface area contributed by atoms with Gasteiger partial charge in [-0.25, -0.2) is 28.9 Å². The predicted molar refractivity (Wildman–Crippen MR) is 76.0 cm³/mol. The van der Waals surface area contributed by atoms with E-state index in [4.69, 9.17) is 13.1 Å². The lowest BCUT2D eigenvalue weighted by Gasteiger charge is -2.23. The van der Waals surface area contributed by atoms with Crippen molar-refractivity contribution in [1.29, 1.82) is 0 Å². The molecule has 24 heavy (non-hydrogen) atoms. The van der Waals surface area contributed by atoms with Crippen molar-refractivity contribution in [3.63, 3.8) is 0 Å². The van der Waals surface area contributed by atoms with Crippen LogP contribution in [0.5, 0.6) is 0 Å². The van der Waals surface area contributed by atoms with Gasteiger partial charge in [0, 0.05) is 0 Å². The lowest BCUT2D eigenvalue weighted by molar-refractivity contribution is 0.0367. The van der Waals surface area contributed by atoms with Gasteiger partial charge in [-0.05, 0) is 22.9 Å². The normalized spacial score (nSPS) is 14.8. The summed E-state index contributed by atoms with van der Waals surface area (Å²) >= 11 is 0. The van der Waals surface area contributed by atoms with E-state index in [1.54, 1.807) is 0 Å². The first-order valence-corrected chi connectivity index (χ1v) is 6.44. The van der Waals surface area contributed by atoms with Crippen LogP contribution in [0.25, 0.3) is 20.5 Å². The van der Waals surface area contributed by atoms with E-state index in [1.165, 1.54) is 12.1 Å². The smallest absolute Gasteiger partial charge is 0.346 e. The Morgan fingerprint density at radius 2 is 1.04 bits per heavy atom. The highest BCUT2D eigenvalue weighted by molar-refractivity contribution is 6.33. The number of nitrogens with zero attached hydrogens (tertiary/aromatic N) is 2. The van der Waals surface area contributed by atoms with Crippen molar-refractivity contribution in [2.24, 2.45) is 0 Å². The van der Waals surface area contributed by atoms with Crippen molar-refractivity contribution in [3.8, 4) is 0 Å². The van der Waals surface area contributed by atoms with Gasteiger partial charge in [0.15, 0.2) is 0 Å². The molecule has 0 spiro atoms. The van der Waals surface area contributed by atoms with E-state index >= 15 is 0 Å². The molecule has 0 aliphatic carbocycles. The summed E-state index contributed by atoms with van der Waals surface area (Å²) in [4.78, 5) is 54.5. The Morgan fingerprint density at radius 3 is 1.38 bits per heavy atom. The van der Waals surface area contributed by atoms with E-state index < -0.39 is 35.3 Å². The van der Waals surface area contributed by atoms with E-state index in [2.05, 4.69) is 19.2 Å². The number of benzene rings is 2. The third-order valence-electron chi connectivity index (χ3n) is 3.85. The predicted octanol–water partition coefficient (Wildman–Crippen LogP) is 2.56. The largest absolute Gasteiger partial charge is 0.387 e. The maximum Gasteiger partial charge on any atom is 0.346 e. The minimum atomic E-state index is -1.10. The molecule has 0 bridgehead atoms. The van der Waals surface area contributed by atoms with Gasteiger partial charge in [-0.15, -0.1) is 0 Å². The van der Waals surface area contributed by atoms with Crippen molar-refractivity contribution in [1.82, 2.24) is 0 Å². The van der Waals surface area contributed by atoms with E-state index in [-0.39, 0.29) is 33.0 Å². The van der Waals surface area contributed by atoms with Gasteiger partial charge in [-0.3, -0.25) is 0 Å². The maximum absolute atomic E-state index is 12.1. The van der Waals surface area contributed by atoms with Crippen LogP contribution >= 0.6 is 0 Å². The Morgan fingerprint density at radius 1 is 0.667 bits per heavy atom. The molecule has 0 radical (unpaired) electrons. The average molecular weight is 318 g/mol. The summed E-state index contributed by atoms with van der Waals surface area (Å²) in [5, 5.41) is -0.0701. The summed E-state index contributed by atoms with van der Waals surface area (Å²) < 4.78 is 9.21. The molecule has 2 heterocycles. The Hall–Kier alpha value is -4.04. The van der Waals surface area contributed by atoms with Gasteiger partial charge in [0.1, 0.15) is 0 Å². The van der Waals surface area contributed by atoms with Gasteiger partial charge < -0.3 is 9.47 Å². The summed E-state index contributed by atoms with van der Waals surface area (Å²) in [7, 11) is 0. The number of esters is 4. The van der Waals surface area contributed by atoms with Crippen LogP contribution in [0, 0.1) is 13.1 Å². The molecule has 0 amide bonds. The highest BCUT2D eigenvalue weighted by Crippen LogP contribution is 2.48. The van der Waals surface area contributed by atoms with Gasteiger partial charge >= 0.3 is 23.9 Å². The lowest BCUT2D eigenvalue weighted by Crippen LogP contribution is -2.25. The molecule has 0 fully saturated rings. The molecule has 112 valence electrons. The van der Waals surface area contributed by atoms with Crippen molar-refractivity contribution in [3.05, 3.63) is 57.2 Å². The molecule has 2 aromatic carbocycles. The van der Waals surface area contributed by atoms with Crippen LogP contribution in [0.1, 0.15) is 41.4 Å². The Balaban J connectivity index is 2.42. The first kappa shape index (κ1) is 13.6. The fraction of sp³-hybridized carbons (Fsp3) is 0. The molecule has 0 aromatic heterocycles. The number of hydrogen-bond acceptors (Lipinski definition) is 6. The monoisotopic (exact) mass is 318 g/mol. The van der Waals surface area contributed by atoms with Crippen LogP contribution in [0.15, 0.2) is 12.1 Å². The minimum Gasteiger partial charge on any atom is -0.387 e. The molecular weight excluding hydrogens is 316 g/mol. The topological polar surface area (TPSA) is 95.5 Å². The molecule has 0 unspecified atom stereocenters. The number of cyclic esters (lactones) is 4. The van der Waals surface area contributed by atoms with Gasteiger partial charge in [0.2, 0.25) is 11.4 Å². The molecule has 8 nitrogen and oxygen atoms in total. The number of carbonyl (C=O) groups excluding carboxylic acids is 4. The molecule has 0 atom stereocenters. The number of carbonyl (C=O) groups is 4. The van der Waals surface area contributed by atoms with Crippen molar-refractivity contribution >= 4 is 46.0 Å². The average Bonchev–Trinajstić information content (AvgIpc) is 2.56. The van der Waals surface area contributed by atoms with Crippen LogP contribution in [-0.4, -0.2) is 23.9 Å². The van der Waals surface area contributed by atoms with Crippen LogP contribution in [-0.2, 0) is 9.47 Å². The van der Waals surface area contributed by atoms with E-state index in [0.717, 1.165) is 0 Å². The maximum atomic E-state index is 12.1. The quantitative estimate of drug-likeness (QED) is 0.421. The molecule has 0 saturated heterocycles. The lowest BCUT2D eigenvalue weighted by atomic mass is 9.87. The first-order chi connectivity index (χ1) is 11.5. The number of hydrogen-bond donors (Lipinski definition) is 0. The second kappa shape index (κ2) is 4.24. The van der Waals surface area contributed by atoms with Crippen LogP contribution < -0.4 is 0 Å². The zero-order valence-corrected chi connectivity index (χ0v) is 11.5. The Kier molecular flexibility index (Phi) is 2.41. The van der Waals surface area contributed by atoms with E-state index in [0.29, 0.717) is 0 Å². The molecule has 2 aliphatic heterocycles. The van der Waals surface area contributed by atoms with E-state index in [1.807, 2.05) is 0 Å². The molecule has 0 saturated carbocycles. The summed E-state index contributed by atoms with van der Waals surface area (Å²) in [6.45, 7) is 14.5. The second-order valence-electron chi connectivity index (χ2n) is 4.94. The molecule has 8 heteroatoms. The van der Waals surface area contributed by atoms with Gasteiger partial charge in [0.25, 0.3) is 0 Å². The highest BCUT2D eigenvalue weighted by atomic mass is 16.6. The number of rotatable bonds is 0. The first-order valence-electron chi connectivity index (χ1n) is 6.44. The van der Waals surface area contributed by atoms with Gasteiger partial charge in [0.05, 0.1) is 35.4 Å². The third kappa shape index (κ3) is 1.39. The van der Waals surface area contributed by atoms with E-state index in [9.17, 15) is 19.2 Å². The molecule has 0 N–H and O–H groups in total. The van der Waals surface area contributed by atoms with Crippen LogP contribution in [0.4, 0.5) is 11.4 Å². The van der Waals surface area contributed by atoms with Gasteiger partial charge in [-0.1, -0.05) is 0 Å². The molecular formula is C16H2N2O6. The Labute approximate surface area is 132 Å². The van der Waals surface area contributed by atoms with Crippen molar-refractivity contribution in [2.45, 2.75) is 0 Å². The second-order valence-corrected chi connectivity index (χ2v) is 4.94. The van der Waals surface area contributed by atoms with Crippen LogP contribution in [0.2, 0.25) is 0 Å². The zero-order chi connectivity index (χ0) is 17.2. The van der Waals surface area contributed by atoms with Crippen molar-refractivity contribution in [2.75, 3.05) is 0 Å². The summed E-state index contributed by atoms with van der Waals surface area (Å²) in [6, 6.07) is 2.50. The molecule has 2 aliphatic rings. The zero-order valence-electron chi connectivity index (χ0n) is 11.5. The molecule has 2 aromatic rings. The van der Waals surface area contributed by atoms with Gasteiger partial charge in [-0.2, -0.15) is 0 Å². The summed E-state index contributed by atoms with van der Waals surface area (Å²) in [5.74, 6) is -4.11. The highest BCUT2D eigenvalue weighted by Gasteiger charge is 2.39. The van der Waals surface area contributed by atoms with Crippen LogP contribution in [0.3, 0.4) is 0 Å². The fourth-order valence-corrected chi connectivity index (χ4v) is 2.93. The minimum absolute atomic E-state index is 0.0350. The molecule has 4 rings (SSSR count). The SMILES string of the molecule is [C-]#[N+]c1c([N+]#[C-])c2c3c(ccc4c3c1C(=O)OC4=O)C(=O)OC2=O. The fourth-order valence-electron chi connectivity index (χ4n) is 2.93. The van der Waals surface area contributed by atoms with Crippen molar-refractivity contribution < 1.29 is 28.7 Å². The Bertz CT molecular complexity index is 1060. The summed E-state index contributed by atoms with van der Waals surface area (Å²) in [5.41, 5.74) is -1.53. The standard InChI is InChI=1S/C16H2N2O6/c1-17-11-9-7-5(13(19)23-15(9)21)3-4-6-8(7)10(12(11)18-2)16(22)24-14(6)20/h3-4H. The third-order valence-corrected chi connectivity index (χ3v) is 3.85. The number of ether oxygens (including phenoxy) is 2.